The fourth-order valence-electron chi connectivity index (χ4n) is 1.93. The second-order valence-corrected chi connectivity index (χ2v) is 4.32. The Hall–Kier alpha value is -2.43. The highest BCUT2D eigenvalue weighted by Crippen LogP contribution is 2.24. The molecule has 0 saturated carbocycles. The molecule has 0 aliphatic carbocycles. The van der Waals surface area contributed by atoms with Gasteiger partial charge in [0.15, 0.2) is 0 Å². The van der Waals surface area contributed by atoms with E-state index in [2.05, 4.69) is 15.1 Å². The summed E-state index contributed by atoms with van der Waals surface area (Å²) in [5.41, 5.74) is 10.9. The predicted molar refractivity (Wildman–Crippen MR) is 70.9 cm³/mol. The molecule has 0 atom stereocenters. The minimum absolute atomic E-state index is 0.641. The highest BCUT2D eigenvalue weighted by Gasteiger charge is 2.08. The summed E-state index contributed by atoms with van der Waals surface area (Å²) in [5.74, 6) is 0. The van der Waals surface area contributed by atoms with Crippen molar-refractivity contribution in [2.45, 2.75) is 6.92 Å². The molecule has 3 aromatic heterocycles. The number of pyridine rings is 2. The van der Waals surface area contributed by atoms with E-state index < -0.39 is 0 Å². The maximum atomic E-state index is 6.04. The van der Waals surface area contributed by atoms with Gasteiger partial charge in [-0.2, -0.15) is 5.10 Å². The molecule has 0 radical (unpaired) electrons. The zero-order valence-corrected chi connectivity index (χ0v) is 10.3. The van der Waals surface area contributed by atoms with E-state index in [-0.39, 0.29) is 0 Å². The van der Waals surface area contributed by atoms with E-state index in [0.717, 1.165) is 28.0 Å². The number of rotatable bonds is 1. The highest BCUT2D eigenvalue weighted by molar-refractivity contribution is 5.89. The van der Waals surface area contributed by atoms with Crippen LogP contribution in [0.2, 0.25) is 0 Å². The van der Waals surface area contributed by atoms with Gasteiger partial charge in [0.2, 0.25) is 0 Å². The first kappa shape index (κ1) is 10.7. The van der Waals surface area contributed by atoms with E-state index in [1.807, 2.05) is 38.4 Å². The van der Waals surface area contributed by atoms with Gasteiger partial charge < -0.3 is 5.73 Å². The van der Waals surface area contributed by atoms with Crippen LogP contribution in [-0.4, -0.2) is 19.7 Å². The number of anilines is 1. The van der Waals surface area contributed by atoms with Crippen molar-refractivity contribution in [3.8, 4) is 11.3 Å². The Morgan fingerprint density at radius 2 is 2.06 bits per heavy atom. The number of aryl methyl sites for hydroxylation is 2. The third-order valence-corrected chi connectivity index (χ3v) is 2.82. The Morgan fingerprint density at radius 3 is 2.78 bits per heavy atom. The van der Waals surface area contributed by atoms with Gasteiger partial charge >= 0.3 is 0 Å². The molecule has 0 unspecified atom stereocenters. The number of aromatic nitrogens is 4. The van der Waals surface area contributed by atoms with E-state index in [9.17, 15) is 0 Å². The van der Waals surface area contributed by atoms with Gasteiger partial charge in [0.1, 0.15) is 5.52 Å². The minimum atomic E-state index is 0.641. The van der Waals surface area contributed by atoms with Crippen LogP contribution in [-0.2, 0) is 7.05 Å². The van der Waals surface area contributed by atoms with E-state index in [1.54, 1.807) is 10.9 Å². The molecule has 0 fully saturated rings. The third kappa shape index (κ3) is 1.69. The van der Waals surface area contributed by atoms with Crippen LogP contribution in [0.4, 0.5) is 5.69 Å². The standard InChI is InChI=1S/C13H13N5/c1-8-3-4-11-13(16-8)10(14)5-12(17-11)9-6-15-18(2)7-9/h3-7H,1-2H3,(H2,14,17). The summed E-state index contributed by atoms with van der Waals surface area (Å²) in [6.07, 6.45) is 3.68. The van der Waals surface area contributed by atoms with Gasteiger partial charge in [0.25, 0.3) is 0 Å². The van der Waals surface area contributed by atoms with Crippen molar-refractivity contribution in [2.24, 2.45) is 7.05 Å². The molecule has 0 amide bonds. The summed E-state index contributed by atoms with van der Waals surface area (Å²) in [4.78, 5) is 8.97. The quantitative estimate of drug-likeness (QED) is 0.704. The van der Waals surface area contributed by atoms with Gasteiger partial charge in [0, 0.05) is 24.5 Å². The lowest BCUT2D eigenvalue weighted by atomic mass is 10.2. The normalized spacial score (nSPS) is 11.0. The first-order valence-electron chi connectivity index (χ1n) is 5.66. The second-order valence-electron chi connectivity index (χ2n) is 4.32. The molecule has 90 valence electrons. The second kappa shape index (κ2) is 3.80. The van der Waals surface area contributed by atoms with Crippen molar-refractivity contribution in [1.29, 1.82) is 0 Å². The highest BCUT2D eigenvalue weighted by atomic mass is 15.2. The van der Waals surface area contributed by atoms with E-state index >= 15 is 0 Å². The third-order valence-electron chi connectivity index (χ3n) is 2.82. The SMILES string of the molecule is Cc1ccc2nc(-c3cnn(C)c3)cc(N)c2n1. The van der Waals surface area contributed by atoms with Crippen LogP contribution in [0.15, 0.2) is 30.6 Å². The Labute approximate surface area is 104 Å². The summed E-state index contributed by atoms with van der Waals surface area (Å²) >= 11 is 0. The Balaban J connectivity index is 2.24. The smallest absolute Gasteiger partial charge is 0.112 e. The van der Waals surface area contributed by atoms with Crippen LogP contribution in [0, 0.1) is 6.92 Å². The Morgan fingerprint density at radius 1 is 1.22 bits per heavy atom. The lowest BCUT2D eigenvalue weighted by Gasteiger charge is -2.05. The van der Waals surface area contributed by atoms with Gasteiger partial charge in [-0.15, -0.1) is 0 Å². The van der Waals surface area contributed by atoms with Gasteiger partial charge in [-0.3, -0.25) is 4.68 Å². The zero-order chi connectivity index (χ0) is 12.7. The maximum Gasteiger partial charge on any atom is 0.112 e. The molecule has 0 aliphatic heterocycles. The Bertz CT molecular complexity index is 729. The minimum Gasteiger partial charge on any atom is -0.397 e. The van der Waals surface area contributed by atoms with Crippen molar-refractivity contribution >= 4 is 16.7 Å². The molecule has 0 saturated heterocycles. The molecular weight excluding hydrogens is 226 g/mol. The summed E-state index contributed by atoms with van der Waals surface area (Å²) < 4.78 is 1.74. The lowest BCUT2D eigenvalue weighted by molar-refractivity contribution is 0.768. The fourth-order valence-corrected chi connectivity index (χ4v) is 1.93. The summed E-state index contributed by atoms with van der Waals surface area (Å²) in [6, 6.07) is 5.71. The van der Waals surface area contributed by atoms with Crippen molar-refractivity contribution in [3.63, 3.8) is 0 Å². The number of nitrogens with zero attached hydrogens (tertiary/aromatic N) is 4. The number of nitrogen functional groups attached to an aromatic ring is 1. The van der Waals surface area contributed by atoms with Gasteiger partial charge in [-0.25, -0.2) is 9.97 Å². The van der Waals surface area contributed by atoms with Crippen LogP contribution in [0.3, 0.4) is 0 Å². The van der Waals surface area contributed by atoms with Crippen LogP contribution in [0.5, 0.6) is 0 Å². The molecule has 0 aromatic carbocycles. The number of nitrogens with two attached hydrogens (primary N) is 1. The number of hydrogen-bond donors (Lipinski definition) is 1. The van der Waals surface area contributed by atoms with Crippen molar-refractivity contribution in [2.75, 3.05) is 5.73 Å². The van der Waals surface area contributed by atoms with Crippen molar-refractivity contribution in [1.82, 2.24) is 19.7 Å². The number of hydrogen-bond acceptors (Lipinski definition) is 4. The van der Waals surface area contributed by atoms with Crippen LogP contribution < -0.4 is 5.73 Å². The van der Waals surface area contributed by atoms with Crippen LogP contribution >= 0.6 is 0 Å². The lowest BCUT2D eigenvalue weighted by Crippen LogP contribution is -1.95. The summed E-state index contributed by atoms with van der Waals surface area (Å²) in [5, 5.41) is 4.14. The first-order valence-corrected chi connectivity index (χ1v) is 5.66. The summed E-state index contributed by atoms with van der Waals surface area (Å²) in [7, 11) is 1.87. The van der Waals surface area contributed by atoms with Gasteiger partial charge in [-0.1, -0.05) is 0 Å². The molecule has 0 aliphatic rings. The van der Waals surface area contributed by atoms with Gasteiger partial charge in [0.05, 0.1) is 23.1 Å². The molecule has 18 heavy (non-hydrogen) atoms. The maximum absolute atomic E-state index is 6.04. The van der Waals surface area contributed by atoms with Crippen molar-refractivity contribution in [3.05, 3.63) is 36.3 Å². The fraction of sp³-hybridized carbons (Fsp3) is 0.154. The monoisotopic (exact) mass is 239 g/mol. The van der Waals surface area contributed by atoms with E-state index in [0.29, 0.717) is 5.69 Å². The average molecular weight is 239 g/mol. The van der Waals surface area contributed by atoms with Crippen LogP contribution in [0.25, 0.3) is 22.3 Å². The van der Waals surface area contributed by atoms with Crippen molar-refractivity contribution < 1.29 is 0 Å². The van der Waals surface area contributed by atoms with Crippen LogP contribution in [0.1, 0.15) is 5.69 Å². The molecule has 5 nitrogen and oxygen atoms in total. The molecule has 3 rings (SSSR count). The van der Waals surface area contributed by atoms with E-state index in [4.69, 9.17) is 5.73 Å². The largest absolute Gasteiger partial charge is 0.397 e. The zero-order valence-electron chi connectivity index (χ0n) is 10.3. The molecule has 0 spiro atoms. The molecule has 3 aromatic rings. The predicted octanol–water partition coefficient (Wildman–Crippen LogP) is 1.92. The Kier molecular flexibility index (Phi) is 2.26. The molecule has 5 heteroatoms. The molecule has 2 N–H and O–H groups in total. The van der Waals surface area contributed by atoms with Gasteiger partial charge in [-0.05, 0) is 25.1 Å². The molecule has 3 heterocycles. The summed E-state index contributed by atoms with van der Waals surface area (Å²) in [6.45, 7) is 1.94. The number of fused-ring (bicyclic) bond motifs is 1. The average Bonchev–Trinajstić information content (AvgIpc) is 2.77. The van der Waals surface area contributed by atoms with E-state index in [1.165, 1.54) is 0 Å². The first-order chi connectivity index (χ1) is 8.63. The molecule has 0 bridgehead atoms. The topological polar surface area (TPSA) is 69.6 Å². The molecular formula is C13H13N5.